The van der Waals surface area contributed by atoms with Gasteiger partial charge in [-0.05, 0) is 13.0 Å². The molecule has 6 nitrogen and oxygen atoms in total. The largest absolute Gasteiger partial charge is 0.495 e. The third kappa shape index (κ3) is 3.56. The number of methoxy groups -OCH3 is 2. The molecule has 0 aliphatic carbocycles. The molecule has 1 unspecified atom stereocenters. The maximum absolute atomic E-state index is 12.3. The zero-order valence-electron chi connectivity index (χ0n) is 11.6. The monoisotopic (exact) mass is 298 g/mol. The van der Waals surface area contributed by atoms with Gasteiger partial charge in [0.15, 0.2) is 0 Å². The second kappa shape index (κ2) is 6.50. The van der Waals surface area contributed by atoms with Gasteiger partial charge >= 0.3 is 0 Å². The Morgan fingerprint density at radius 3 is 2.45 bits per heavy atom. The maximum atomic E-state index is 12.3. The number of hydrogen-bond acceptors (Lipinski definition) is 5. The van der Waals surface area contributed by atoms with E-state index in [1.54, 1.807) is 6.92 Å². The summed E-state index contributed by atoms with van der Waals surface area (Å²) in [5.74, 6) is 2.89. The minimum atomic E-state index is -3.78. The van der Waals surface area contributed by atoms with E-state index in [2.05, 4.69) is 10.6 Å². The molecule has 0 aliphatic rings. The number of benzene rings is 1. The van der Waals surface area contributed by atoms with E-state index in [4.69, 9.17) is 21.6 Å². The van der Waals surface area contributed by atoms with Gasteiger partial charge in [0.05, 0.1) is 19.9 Å². The Bertz CT molecular complexity index is 620. The van der Waals surface area contributed by atoms with E-state index in [-0.39, 0.29) is 22.8 Å². The van der Waals surface area contributed by atoms with Crippen LogP contribution >= 0.6 is 0 Å². The molecule has 1 aromatic carbocycles. The number of hydrogen-bond donors (Lipinski definition) is 2. The Morgan fingerprint density at radius 1 is 1.35 bits per heavy atom. The van der Waals surface area contributed by atoms with Gasteiger partial charge in [-0.25, -0.2) is 13.1 Å². The van der Waals surface area contributed by atoms with E-state index in [0.717, 1.165) is 0 Å². The zero-order valence-corrected chi connectivity index (χ0v) is 12.5. The Labute approximate surface area is 119 Å². The molecule has 20 heavy (non-hydrogen) atoms. The van der Waals surface area contributed by atoms with Gasteiger partial charge < -0.3 is 15.2 Å². The van der Waals surface area contributed by atoms with Gasteiger partial charge in [-0.3, -0.25) is 0 Å². The van der Waals surface area contributed by atoms with E-state index >= 15 is 0 Å². The summed E-state index contributed by atoms with van der Waals surface area (Å²) >= 11 is 0. The third-order valence-electron chi connectivity index (χ3n) is 2.59. The van der Waals surface area contributed by atoms with E-state index in [1.165, 1.54) is 26.4 Å². The fraction of sp³-hybridized carbons (Fsp3) is 0.385. The van der Waals surface area contributed by atoms with Crippen LogP contribution in [0.3, 0.4) is 0 Å². The van der Waals surface area contributed by atoms with Crippen molar-refractivity contribution in [2.24, 2.45) is 0 Å². The van der Waals surface area contributed by atoms with Crippen LogP contribution in [-0.2, 0) is 10.0 Å². The summed E-state index contributed by atoms with van der Waals surface area (Å²) in [6.45, 7) is 1.68. The lowest BCUT2D eigenvalue weighted by Crippen LogP contribution is -2.32. The van der Waals surface area contributed by atoms with Crippen molar-refractivity contribution in [3.63, 3.8) is 0 Å². The molecule has 0 aliphatic heterocycles. The topological polar surface area (TPSA) is 90.7 Å². The van der Waals surface area contributed by atoms with Crippen LogP contribution in [0.15, 0.2) is 17.0 Å². The molecule has 0 fully saturated rings. The minimum absolute atomic E-state index is 0.0535. The lowest BCUT2D eigenvalue weighted by Gasteiger charge is -2.16. The number of ether oxygens (including phenoxy) is 2. The fourth-order valence-electron chi connectivity index (χ4n) is 1.65. The number of anilines is 1. The number of sulfonamides is 1. The number of nitrogen functional groups attached to an aromatic ring is 1. The molecular weight excluding hydrogens is 280 g/mol. The minimum Gasteiger partial charge on any atom is -0.495 e. The quantitative estimate of drug-likeness (QED) is 0.603. The molecule has 1 atom stereocenters. The molecule has 0 aromatic heterocycles. The molecule has 0 heterocycles. The van der Waals surface area contributed by atoms with Crippen LogP contribution in [0.4, 0.5) is 5.69 Å². The predicted octanol–water partition coefficient (Wildman–Crippen LogP) is 0.976. The smallest absolute Gasteiger partial charge is 0.244 e. The highest BCUT2D eigenvalue weighted by atomic mass is 32.2. The number of terminal acetylenes is 1. The van der Waals surface area contributed by atoms with Crippen molar-refractivity contribution in [2.45, 2.75) is 24.3 Å². The van der Waals surface area contributed by atoms with E-state index in [1.807, 2.05) is 0 Å². The normalized spacial score (nSPS) is 12.5. The molecule has 0 saturated carbocycles. The van der Waals surface area contributed by atoms with Gasteiger partial charge in [-0.2, -0.15) is 0 Å². The van der Waals surface area contributed by atoms with Crippen LogP contribution in [0, 0.1) is 12.3 Å². The zero-order chi connectivity index (χ0) is 15.3. The molecule has 0 saturated heterocycles. The van der Waals surface area contributed by atoms with Crippen LogP contribution < -0.4 is 19.9 Å². The van der Waals surface area contributed by atoms with Crippen LogP contribution in [0.2, 0.25) is 0 Å². The summed E-state index contributed by atoms with van der Waals surface area (Å²) in [5.41, 5.74) is 5.94. The summed E-state index contributed by atoms with van der Waals surface area (Å²) in [6, 6.07) is 2.33. The molecule has 3 N–H and O–H groups in total. The first-order chi connectivity index (χ1) is 9.35. The molecule has 7 heteroatoms. The molecule has 0 radical (unpaired) electrons. The first kappa shape index (κ1) is 16.1. The van der Waals surface area contributed by atoms with E-state index in [0.29, 0.717) is 5.75 Å². The van der Waals surface area contributed by atoms with E-state index < -0.39 is 16.1 Å². The van der Waals surface area contributed by atoms with Crippen molar-refractivity contribution in [1.82, 2.24) is 4.72 Å². The Balaban J connectivity index is 3.24. The second-order valence-corrected chi connectivity index (χ2v) is 5.86. The number of nitrogens with two attached hydrogens (primary N) is 1. The Kier molecular flexibility index (Phi) is 5.25. The standard InChI is InChI=1S/C13H18N2O4S/c1-5-6-9(2)15-20(16,17)13-7-10(14)11(18-3)8-12(13)19-4/h1,7-9,15H,6,14H2,2-4H3. The number of rotatable bonds is 6. The summed E-state index contributed by atoms with van der Waals surface area (Å²) < 4.78 is 37.2. The Morgan fingerprint density at radius 2 is 1.95 bits per heavy atom. The molecule has 110 valence electrons. The molecule has 1 aromatic rings. The van der Waals surface area contributed by atoms with Gasteiger partial charge in [-0.1, -0.05) is 0 Å². The second-order valence-electron chi connectivity index (χ2n) is 4.18. The highest BCUT2D eigenvalue weighted by Gasteiger charge is 2.23. The highest BCUT2D eigenvalue weighted by Crippen LogP contribution is 2.33. The average Bonchev–Trinajstić information content (AvgIpc) is 2.38. The molecule has 0 spiro atoms. The van der Waals surface area contributed by atoms with Crippen molar-refractivity contribution < 1.29 is 17.9 Å². The SMILES string of the molecule is C#CCC(C)NS(=O)(=O)c1cc(N)c(OC)cc1OC. The molecule has 1 rings (SSSR count). The van der Waals surface area contributed by atoms with Crippen LogP contribution in [0.25, 0.3) is 0 Å². The Hall–Kier alpha value is -1.91. The molecule has 0 bridgehead atoms. The first-order valence-corrected chi connectivity index (χ1v) is 7.31. The van der Waals surface area contributed by atoms with Crippen molar-refractivity contribution >= 4 is 15.7 Å². The van der Waals surface area contributed by atoms with Crippen LogP contribution in [0.5, 0.6) is 11.5 Å². The predicted molar refractivity (Wildman–Crippen MR) is 77.2 cm³/mol. The average molecular weight is 298 g/mol. The van der Waals surface area contributed by atoms with Gasteiger partial charge in [-0.15, -0.1) is 12.3 Å². The first-order valence-electron chi connectivity index (χ1n) is 5.83. The maximum Gasteiger partial charge on any atom is 0.244 e. The lowest BCUT2D eigenvalue weighted by atomic mass is 10.3. The van der Waals surface area contributed by atoms with Gasteiger partial charge in [0.1, 0.15) is 16.4 Å². The van der Waals surface area contributed by atoms with Gasteiger partial charge in [0.25, 0.3) is 0 Å². The van der Waals surface area contributed by atoms with Crippen molar-refractivity contribution in [2.75, 3.05) is 20.0 Å². The van der Waals surface area contributed by atoms with Gasteiger partial charge in [0.2, 0.25) is 10.0 Å². The van der Waals surface area contributed by atoms with Crippen molar-refractivity contribution in [3.05, 3.63) is 12.1 Å². The van der Waals surface area contributed by atoms with Crippen molar-refractivity contribution in [1.29, 1.82) is 0 Å². The highest BCUT2D eigenvalue weighted by molar-refractivity contribution is 7.89. The van der Waals surface area contributed by atoms with Crippen molar-refractivity contribution in [3.8, 4) is 23.8 Å². The third-order valence-corrected chi connectivity index (χ3v) is 4.20. The molecule has 0 amide bonds. The summed E-state index contributed by atoms with van der Waals surface area (Å²) in [5, 5.41) is 0. The van der Waals surface area contributed by atoms with E-state index in [9.17, 15) is 8.42 Å². The van der Waals surface area contributed by atoms with Crippen LogP contribution in [-0.4, -0.2) is 28.7 Å². The fourth-order valence-corrected chi connectivity index (χ4v) is 3.08. The summed E-state index contributed by atoms with van der Waals surface area (Å²) in [7, 11) is -0.971. The van der Waals surface area contributed by atoms with Crippen LogP contribution in [0.1, 0.15) is 13.3 Å². The van der Waals surface area contributed by atoms with Gasteiger partial charge in [0, 0.05) is 18.5 Å². The molecular formula is C13H18N2O4S. The number of nitrogens with one attached hydrogen (secondary N) is 1. The summed E-state index contributed by atoms with van der Waals surface area (Å²) in [4.78, 5) is -0.0535. The lowest BCUT2D eigenvalue weighted by molar-refractivity contribution is 0.387. The summed E-state index contributed by atoms with van der Waals surface area (Å²) in [6.07, 6.45) is 5.44.